The van der Waals surface area contributed by atoms with Gasteiger partial charge < -0.3 is 14.2 Å². The van der Waals surface area contributed by atoms with Gasteiger partial charge in [-0.3, -0.25) is 9.69 Å². The fourth-order valence-corrected chi connectivity index (χ4v) is 10.9. The molecule has 43 heavy (non-hydrogen) atoms. The molecule has 1 aliphatic heterocycles. The normalized spacial score (nSPS) is 33.9. The number of benzene rings is 1. The molecule has 1 aromatic rings. The zero-order valence-corrected chi connectivity index (χ0v) is 27.7. The summed E-state index contributed by atoms with van der Waals surface area (Å²) in [5.74, 6) is 4.81. The number of nitrogens with zero attached hydrogens (tertiary/aromatic N) is 1. The smallest absolute Gasteiger partial charge is 0.168 e. The molecular weight excluding hydrogens is 534 g/mol. The molecule has 0 N–H and O–H groups in total. The van der Waals surface area contributed by atoms with E-state index in [1.807, 2.05) is 0 Å². The first-order chi connectivity index (χ1) is 20.9. The standard InChI is InChI=1S/C38H59NO4/c1-5-8-12-35(39(4)29(6-2)7-3)27-10-9-11-30(25-27)41-22-21-37-19-17-32-31-18-20-38(42-23-24-43-38)26-28(31)13-14-33(32)34(37)15-16-36(37)40/h9-11,25,28-29,31-35H,5-8,12-24,26H2,1-4H3/t28?,31?,32?,33?,34?,35?,37-/m1/s1. The second kappa shape index (κ2) is 13.5. The van der Waals surface area contributed by atoms with Gasteiger partial charge in [-0.15, -0.1) is 0 Å². The van der Waals surface area contributed by atoms with Crippen LogP contribution in [0.15, 0.2) is 24.3 Å². The number of ether oxygens (including phenoxy) is 3. The van der Waals surface area contributed by atoms with E-state index in [4.69, 9.17) is 14.2 Å². The number of carbonyl (C=O) groups excluding carboxylic acids is 1. The van der Waals surface area contributed by atoms with Crippen LogP contribution < -0.4 is 4.74 Å². The van der Waals surface area contributed by atoms with Crippen molar-refractivity contribution in [1.82, 2.24) is 4.90 Å². The van der Waals surface area contributed by atoms with Crippen LogP contribution in [0.25, 0.3) is 0 Å². The van der Waals surface area contributed by atoms with Crippen LogP contribution in [-0.2, 0) is 14.3 Å². The van der Waals surface area contributed by atoms with Crippen molar-refractivity contribution < 1.29 is 19.0 Å². The maximum absolute atomic E-state index is 13.6. The third kappa shape index (κ3) is 6.09. The molecule has 5 fully saturated rings. The lowest BCUT2D eigenvalue weighted by Crippen LogP contribution is -2.52. The van der Waals surface area contributed by atoms with Crippen LogP contribution in [0.5, 0.6) is 5.75 Å². The first-order valence-corrected chi connectivity index (χ1v) is 18.2. The van der Waals surface area contributed by atoms with E-state index in [1.165, 1.54) is 63.4 Å². The van der Waals surface area contributed by atoms with Crippen molar-refractivity contribution in [2.75, 3.05) is 26.9 Å². The van der Waals surface area contributed by atoms with Gasteiger partial charge in [0.1, 0.15) is 11.5 Å². The van der Waals surface area contributed by atoms with Gasteiger partial charge in [0.15, 0.2) is 5.79 Å². The number of ketones is 1. The molecule has 4 saturated carbocycles. The fraction of sp³-hybridized carbons (Fsp3) is 0.816. The Balaban J connectivity index is 1.10. The van der Waals surface area contributed by atoms with E-state index in [-0.39, 0.29) is 11.2 Å². The average Bonchev–Trinajstić information content (AvgIpc) is 3.62. The van der Waals surface area contributed by atoms with Crippen LogP contribution in [0.4, 0.5) is 0 Å². The molecule has 4 aliphatic carbocycles. The lowest BCUT2D eigenvalue weighted by molar-refractivity contribution is -0.209. The summed E-state index contributed by atoms with van der Waals surface area (Å²) >= 11 is 0. The average molecular weight is 594 g/mol. The van der Waals surface area contributed by atoms with E-state index in [0.717, 1.165) is 75.2 Å². The second-order valence-electron chi connectivity index (χ2n) is 14.9. The molecule has 5 aliphatic rings. The topological polar surface area (TPSA) is 48.0 Å². The molecule has 240 valence electrons. The monoisotopic (exact) mass is 593 g/mol. The SMILES string of the molecule is CCCCC(c1cccc(OCC[C@]23CCC4C5CCC6(CC5CCC4C2CCC3=O)OCCO6)c1)N(C)C(CC)CC. The highest BCUT2D eigenvalue weighted by atomic mass is 16.7. The molecule has 7 atom stereocenters. The molecule has 1 aromatic carbocycles. The van der Waals surface area contributed by atoms with Crippen LogP contribution in [0.1, 0.15) is 129 Å². The minimum Gasteiger partial charge on any atom is -0.494 e. The molecule has 1 saturated heterocycles. The van der Waals surface area contributed by atoms with E-state index >= 15 is 0 Å². The van der Waals surface area contributed by atoms with Gasteiger partial charge in [0.2, 0.25) is 0 Å². The predicted octanol–water partition coefficient (Wildman–Crippen LogP) is 8.75. The summed E-state index contributed by atoms with van der Waals surface area (Å²) in [4.78, 5) is 16.2. The molecule has 6 rings (SSSR count). The summed E-state index contributed by atoms with van der Waals surface area (Å²) in [6, 6.07) is 9.88. The Kier molecular flexibility index (Phi) is 9.91. The first-order valence-electron chi connectivity index (χ1n) is 18.2. The number of hydrogen-bond donors (Lipinski definition) is 0. The zero-order chi connectivity index (χ0) is 30.0. The molecular formula is C38H59NO4. The number of unbranched alkanes of at least 4 members (excludes halogenated alkanes) is 1. The Bertz CT molecular complexity index is 1080. The van der Waals surface area contributed by atoms with Crippen LogP contribution in [0.2, 0.25) is 0 Å². The first kappa shape index (κ1) is 31.5. The van der Waals surface area contributed by atoms with Crippen LogP contribution in [0.3, 0.4) is 0 Å². The summed E-state index contributed by atoms with van der Waals surface area (Å²) in [6.07, 6.45) is 17.0. The molecule has 5 nitrogen and oxygen atoms in total. The Morgan fingerprint density at radius 3 is 2.53 bits per heavy atom. The minimum atomic E-state index is -0.274. The van der Waals surface area contributed by atoms with Gasteiger partial charge >= 0.3 is 0 Å². The largest absolute Gasteiger partial charge is 0.494 e. The van der Waals surface area contributed by atoms with Gasteiger partial charge in [-0.25, -0.2) is 0 Å². The molecule has 1 spiro atoms. The highest BCUT2D eigenvalue weighted by Crippen LogP contribution is 2.63. The van der Waals surface area contributed by atoms with Gasteiger partial charge in [-0.05, 0) is 119 Å². The summed E-state index contributed by atoms with van der Waals surface area (Å²) < 4.78 is 18.8. The lowest BCUT2D eigenvalue weighted by Gasteiger charge is -2.56. The number of rotatable bonds is 12. The van der Waals surface area contributed by atoms with Gasteiger partial charge in [0.05, 0.1) is 19.8 Å². The van der Waals surface area contributed by atoms with Crippen molar-refractivity contribution in [3.8, 4) is 5.75 Å². The maximum atomic E-state index is 13.6. The highest BCUT2D eigenvalue weighted by molar-refractivity contribution is 5.87. The third-order valence-electron chi connectivity index (χ3n) is 13.1. The van der Waals surface area contributed by atoms with E-state index < -0.39 is 0 Å². The van der Waals surface area contributed by atoms with Crippen molar-refractivity contribution in [1.29, 1.82) is 0 Å². The Morgan fingerprint density at radius 1 is 0.977 bits per heavy atom. The van der Waals surface area contributed by atoms with Crippen molar-refractivity contribution in [3.05, 3.63) is 29.8 Å². The van der Waals surface area contributed by atoms with Crippen molar-refractivity contribution in [2.24, 2.45) is 35.0 Å². The maximum Gasteiger partial charge on any atom is 0.168 e. The Labute approximate surface area is 261 Å². The molecule has 0 aromatic heterocycles. The Morgan fingerprint density at radius 2 is 1.77 bits per heavy atom. The van der Waals surface area contributed by atoms with Gasteiger partial charge in [0.25, 0.3) is 0 Å². The molecule has 6 unspecified atom stereocenters. The molecule has 1 heterocycles. The van der Waals surface area contributed by atoms with Gasteiger partial charge in [-0.1, -0.05) is 45.7 Å². The molecule has 5 heteroatoms. The van der Waals surface area contributed by atoms with Crippen molar-refractivity contribution >= 4 is 5.78 Å². The van der Waals surface area contributed by atoms with E-state index in [0.29, 0.717) is 36.3 Å². The van der Waals surface area contributed by atoms with E-state index in [1.54, 1.807) is 0 Å². The summed E-state index contributed by atoms with van der Waals surface area (Å²) in [5, 5.41) is 0. The van der Waals surface area contributed by atoms with Gasteiger partial charge in [-0.2, -0.15) is 0 Å². The fourth-order valence-electron chi connectivity index (χ4n) is 10.9. The van der Waals surface area contributed by atoms with Gasteiger partial charge in [0, 0.05) is 36.8 Å². The number of carbonyl (C=O) groups is 1. The molecule has 0 amide bonds. The highest BCUT2D eigenvalue weighted by Gasteiger charge is 2.60. The van der Waals surface area contributed by atoms with Crippen LogP contribution in [0, 0.1) is 35.0 Å². The Hall–Kier alpha value is -1.43. The summed E-state index contributed by atoms with van der Waals surface area (Å²) in [6.45, 7) is 9.07. The number of Topliss-reactive ketones (excluding diaryl/α,β-unsaturated/α-hetero) is 1. The zero-order valence-electron chi connectivity index (χ0n) is 27.7. The summed E-state index contributed by atoms with van der Waals surface area (Å²) in [5.41, 5.74) is 1.21. The predicted molar refractivity (Wildman–Crippen MR) is 172 cm³/mol. The number of hydrogen-bond acceptors (Lipinski definition) is 5. The minimum absolute atomic E-state index is 0.154. The third-order valence-corrected chi connectivity index (χ3v) is 13.1. The quantitative estimate of drug-likeness (QED) is 0.242. The second-order valence-corrected chi connectivity index (χ2v) is 14.9. The molecule has 0 bridgehead atoms. The van der Waals surface area contributed by atoms with Crippen LogP contribution in [-0.4, -0.2) is 49.4 Å². The van der Waals surface area contributed by atoms with E-state index in [2.05, 4.69) is 57.0 Å². The van der Waals surface area contributed by atoms with Crippen molar-refractivity contribution in [3.63, 3.8) is 0 Å². The van der Waals surface area contributed by atoms with E-state index in [9.17, 15) is 4.79 Å². The van der Waals surface area contributed by atoms with Crippen LogP contribution >= 0.6 is 0 Å². The van der Waals surface area contributed by atoms with Crippen molar-refractivity contribution in [2.45, 2.75) is 135 Å². The lowest BCUT2D eigenvalue weighted by atomic mass is 9.49. The summed E-state index contributed by atoms with van der Waals surface area (Å²) in [7, 11) is 2.31. The number of fused-ring (bicyclic) bond motifs is 5. The molecule has 0 radical (unpaired) electrons.